The second kappa shape index (κ2) is 10.0. The van der Waals surface area contributed by atoms with Gasteiger partial charge < -0.3 is 29.0 Å². The summed E-state index contributed by atoms with van der Waals surface area (Å²) < 4.78 is 16.6. The second-order valence-electron chi connectivity index (χ2n) is 9.93. The van der Waals surface area contributed by atoms with Gasteiger partial charge in [0.25, 0.3) is 0 Å². The minimum Gasteiger partial charge on any atom is -0.497 e. The molecule has 3 aromatic carbocycles. The number of carbonyl (C=O) groups excluding carboxylic acids is 2. The van der Waals surface area contributed by atoms with Gasteiger partial charge in [0, 0.05) is 35.1 Å². The standard InChI is InChI=1S/C31H31N3O5/c1-37-20-13-11-19(12-14-20)15-16-33-18-27(35)34-25(31(33)36)17-23-21-7-4-5-9-24(21)32-28(23)29(34)22-8-6-10-26(38-2)30(22)39-3/h4-14,25,29,32H,15-18H2,1-3H3. The number of rotatable bonds is 7. The van der Waals surface area contributed by atoms with Crippen LogP contribution in [0, 0.1) is 0 Å². The molecule has 0 radical (unpaired) electrons. The molecule has 2 atom stereocenters. The average Bonchev–Trinajstić information content (AvgIpc) is 3.35. The summed E-state index contributed by atoms with van der Waals surface area (Å²) in [6.07, 6.45) is 1.10. The predicted molar refractivity (Wildman–Crippen MR) is 147 cm³/mol. The quantitative estimate of drug-likeness (QED) is 0.393. The molecule has 2 unspecified atom stereocenters. The summed E-state index contributed by atoms with van der Waals surface area (Å²) in [5, 5.41) is 1.06. The van der Waals surface area contributed by atoms with E-state index in [2.05, 4.69) is 11.1 Å². The van der Waals surface area contributed by atoms with Gasteiger partial charge in [-0.2, -0.15) is 0 Å². The van der Waals surface area contributed by atoms with Crippen LogP contribution in [-0.2, 0) is 22.4 Å². The van der Waals surface area contributed by atoms with Gasteiger partial charge in [0.1, 0.15) is 17.8 Å². The van der Waals surface area contributed by atoms with E-state index in [1.807, 2.05) is 60.7 Å². The molecule has 1 fully saturated rings. The fraction of sp³-hybridized carbons (Fsp3) is 0.290. The molecule has 8 heteroatoms. The zero-order chi connectivity index (χ0) is 27.1. The summed E-state index contributed by atoms with van der Waals surface area (Å²) in [5.74, 6) is 1.79. The first kappa shape index (κ1) is 24.9. The Hall–Kier alpha value is -4.46. The number of piperazine rings is 1. The number of nitrogens with one attached hydrogen (secondary N) is 1. The van der Waals surface area contributed by atoms with Gasteiger partial charge >= 0.3 is 0 Å². The van der Waals surface area contributed by atoms with Crippen molar-refractivity contribution in [2.75, 3.05) is 34.4 Å². The van der Waals surface area contributed by atoms with Crippen molar-refractivity contribution in [1.82, 2.24) is 14.8 Å². The minimum atomic E-state index is -0.616. The summed E-state index contributed by atoms with van der Waals surface area (Å²) >= 11 is 0. The van der Waals surface area contributed by atoms with Crippen LogP contribution in [0.3, 0.4) is 0 Å². The lowest BCUT2D eigenvalue weighted by molar-refractivity contribution is -0.158. The summed E-state index contributed by atoms with van der Waals surface area (Å²) in [7, 11) is 4.82. The average molecular weight is 526 g/mol. The highest BCUT2D eigenvalue weighted by molar-refractivity contribution is 5.97. The van der Waals surface area contributed by atoms with E-state index in [1.54, 1.807) is 31.1 Å². The Morgan fingerprint density at radius 2 is 1.69 bits per heavy atom. The van der Waals surface area contributed by atoms with Crippen LogP contribution < -0.4 is 14.2 Å². The van der Waals surface area contributed by atoms with Gasteiger partial charge in [0.15, 0.2) is 11.5 Å². The third-order valence-electron chi connectivity index (χ3n) is 7.90. The van der Waals surface area contributed by atoms with Crippen molar-refractivity contribution < 1.29 is 23.8 Å². The molecule has 4 aromatic rings. The number of para-hydroxylation sites is 2. The lowest BCUT2D eigenvalue weighted by Gasteiger charge is -2.47. The molecule has 0 saturated carbocycles. The van der Waals surface area contributed by atoms with Gasteiger partial charge in [-0.15, -0.1) is 0 Å². The number of hydrogen-bond donors (Lipinski definition) is 1. The number of fused-ring (bicyclic) bond motifs is 4. The van der Waals surface area contributed by atoms with Crippen molar-refractivity contribution in [3.8, 4) is 17.2 Å². The molecule has 2 amide bonds. The Balaban J connectivity index is 1.40. The molecule has 39 heavy (non-hydrogen) atoms. The Bertz CT molecular complexity index is 1540. The molecule has 1 N–H and O–H groups in total. The van der Waals surface area contributed by atoms with Crippen molar-refractivity contribution in [2.24, 2.45) is 0 Å². The smallest absolute Gasteiger partial charge is 0.246 e. The van der Waals surface area contributed by atoms with Crippen LogP contribution in [0.1, 0.15) is 28.4 Å². The van der Waals surface area contributed by atoms with Crippen molar-refractivity contribution >= 4 is 22.7 Å². The first-order valence-electron chi connectivity index (χ1n) is 13.1. The van der Waals surface area contributed by atoms with Crippen LogP contribution in [0.15, 0.2) is 66.7 Å². The van der Waals surface area contributed by atoms with Crippen LogP contribution in [0.5, 0.6) is 17.2 Å². The summed E-state index contributed by atoms with van der Waals surface area (Å²) in [6, 6.07) is 20.4. The van der Waals surface area contributed by atoms with E-state index in [0.29, 0.717) is 30.9 Å². The van der Waals surface area contributed by atoms with Gasteiger partial charge in [-0.05, 0) is 41.8 Å². The maximum atomic E-state index is 14.0. The molecule has 0 aliphatic carbocycles. The Labute approximate surface area is 227 Å². The number of carbonyl (C=O) groups is 2. The monoisotopic (exact) mass is 525 g/mol. The van der Waals surface area contributed by atoms with Gasteiger partial charge in [-0.1, -0.05) is 42.5 Å². The first-order valence-corrected chi connectivity index (χ1v) is 13.1. The van der Waals surface area contributed by atoms with Gasteiger partial charge in [0.2, 0.25) is 11.8 Å². The van der Waals surface area contributed by atoms with Crippen molar-refractivity contribution in [3.05, 3.63) is 89.1 Å². The Morgan fingerprint density at radius 3 is 2.44 bits per heavy atom. The fourth-order valence-electron chi connectivity index (χ4n) is 6.02. The number of nitrogens with zero attached hydrogens (tertiary/aromatic N) is 2. The van der Waals surface area contributed by atoms with Gasteiger partial charge in [0.05, 0.1) is 27.9 Å². The van der Waals surface area contributed by atoms with E-state index in [-0.39, 0.29) is 18.4 Å². The number of hydrogen-bond acceptors (Lipinski definition) is 5. The van der Waals surface area contributed by atoms with Crippen LogP contribution in [-0.4, -0.2) is 67.1 Å². The van der Waals surface area contributed by atoms with E-state index < -0.39 is 12.1 Å². The third kappa shape index (κ3) is 4.16. The molecule has 3 heterocycles. The molecule has 6 rings (SSSR count). The van der Waals surface area contributed by atoms with E-state index in [1.165, 1.54) is 0 Å². The molecule has 2 aliphatic rings. The molecular weight excluding hydrogens is 494 g/mol. The van der Waals surface area contributed by atoms with E-state index in [9.17, 15) is 9.59 Å². The number of benzene rings is 3. The molecular formula is C31H31N3O5. The highest BCUT2D eigenvalue weighted by atomic mass is 16.5. The molecule has 2 aliphatic heterocycles. The van der Waals surface area contributed by atoms with Crippen LogP contribution >= 0.6 is 0 Å². The highest BCUT2D eigenvalue weighted by Crippen LogP contribution is 2.47. The molecule has 0 bridgehead atoms. The molecule has 1 aromatic heterocycles. The normalized spacial score (nSPS) is 18.6. The topological polar surface area (TPSA) is 84.1 Å². The SMILES string of the molecule is COc1ccc(CCN2CC(=O)N3C(Cc4c([nH]c5ccccc45)C3c3cccc(OC)c3OC)C2=O)cc1. The third-order valence-corrected chi connectivity index (χ3v) is 7.90. The summed E-state index contributed by atoms with van der Waals surface area (Å²) in [4.78, 5) is 34.9. The lowest BCUT2D eigenvalue weighted by atomic mass is 9.85. The fourth-order valence-corrected chi connectivity index (χ4v) is 6.02. The zero-order valence-electron chi connectivity index (χ0n) is 22.3. The number of ether oxygens (including phenoxy) is 3. The number of H-pyrrole nitrogens is 1. The first-order chi connectivity index (χ1) is 19.0. The Morgan fingerprint density at radius 1 is 0.897 bits per heavy atom. The van der Waals surface area contributed by atoms with Crippen molar-refractivity contribution in [2.45, 2.75) is 24.9 Å². The van der Waals surface area contributed by atoms with E-state index >= 15 is 0 Å². The second-order valence-corrected chi connectivity index (χ2v) is 9.93. The van der Waals surface area contributed by atoms with Gasteiger partial charge in [-0.3, -0.25) is 9.59 Å². The summed E-state index contributed by atoms with van der Waals surface area (Å²) in [6.45, 7) is 0.499. The van der Waals surface area contributed by atoms with Gasteiger partial charge in [-0.25, -0.2) is 0 Å². The maximum absolute atomic E-state index is 14.0. The molecule has 8 nitrogen and oxygen atoms in total. The van der Waals surface area contributed by atoms with Crippen LogP contribution in [0.2, 0.25) is 0 Å². The zero-order valence-corrected chi connectivity index (χ0v) is 22.3. The van der Waals surface area contributed by atoms with E-state index in [4.69, 9.17) is 14.2 Å². The van der Waals surface area contributed by atoms with Crippen molar-refractivity contribution in [1.29, 1.82) is 0 Å². The number of methoxy groups -OCH3 is 3. The van der Waals surface area contributed by atoms with Crippen LogP contribution in [0.25, 0.3) is 10.9 Å². The number of amides is 2. The summed E-state index contributed by atoms with van der Waals surface area (Å²) in [5.41, 5.74) is 4.81. The van der Waals surface area contributed by atoms with E-state index in [0.717, 1.165) is 39.0 Å². The molecule has 0 spiro atoms. The minimum absolute atomic E-state index is 0.0316. The van der Waals surface area contributed by atoms with Crippen LogP contribution in [0.4, 0.5) is 0 Å². The number of aromatic amines is 1. The predicted octanol–water partition coefficient (Wildman–Crippen LogP) is 4.12. The maximum Gasteiger partial charge on any atom is 0.246 e. The molecule has 200 valence electrons. The lowest BCUT2D eigenvalue weighted by Crippen LogP contribution is -2.63. The van der Waals surface area contributed by atoms with Crippen molar-refractivity contribution in [3.63, 3.8) is 0 Å². The molecule has 1 saturated heterocycles. The number of aromatic nitrogens is 1. The highest BCUT2D eigenvalue weighted by Gasteiger charge is 2.48. The Kier molecular flexibility index (Phi) is 6.38. The largest absolute Gasteiger partial charge is 0.497 e.